The molecule has 1 aliphatic heterocycles. The molecule has 0 radical (unpaired) electrons. The average Bonchev–Trinajstić information content (AvgIpc) is 2.01. The van der Waals surface area contributed by atoms with Crippen molar-refractivity contribution in [2.75, 3.05) is 39.1 Å². The van der Waals surface area contributed by atoms with Crippen LogP contribution in [0, 0.1) is 0 Å². The van der Waals surface area contributed by atoms with Gasteiger partial charge in [0.05, 0.1) is 0 Å². The summed E-state index contributed by atoms with van der Waals surface area (Å²) in [5, 5.41) is 0. The SMILES string of the molecule is CN(C)[SH](C)N1[SH](C)N[SH](C)N[SH]1C. The van der Waals surface area contributed by atoms with Crippen LogP contribution in [0.1, 0.15) is 0 Å². The molecule has 1 rings (SSSR count). The molecular weight excluding hydrogens is 256 g/mol. The first-order valence-corrected chi connectivity index (χ1v) is 11.3. The summed E-state index contributed by atoms with van der Waals surface area (Å²) in [6.45, 7) is 0. The van der Waals surface area contributed by atoms with Crippen molar-refractivity contribution in [3.63, 3.8) is 0 Å². The molecule has 4 nitrogen and oxygen atoms in total. The lowest BCUT2D eigenvalue weighted by atomic mass is 11.3. The Bertz CT molecular complexity index is 181. The number of nitrogens with one attached hydrogen (secondary N) is 2. The lowest BCUT2D eigenvalue weighted by Crippen LogP contribution is -2.36. The molecular formula is C6H24N4S4. The van der Waals surface area contributed by atoms with E-state index >= 15 is 0 Å². The third-order valence-corrected chi connectivity index (χ3v) is 14.2. The minimum absolute atomic E-state index is 0.133. The molecule has 1 aliphatic rings. The molecule has 0 bridgehead atoms. The minimum atomic E-state index is -0.146. The molecule has 1 saturated heterocycles. The number of rotatable bonds is 2. The van der Waals surface area contributed by atoms with E-state index in [1.165, 1.54) is 0 Å². The highest BCUT2D eigenvalue weighted by molar-refractivity contribution is 8.48. The molecule has 0 spiro atoms. The van der Waals surface area contributed by atoms with Crippen LogP contribution in [-0.4, -0.2) is 46.5 Å². The highest BCUT2D eigenvalue weighted by atomic mass is 32.4. The molecule has 14 heavy (non-hydrogen) atoms. The number of nitrogens with zero attached hydrogens (tertiary/aromatic N) is 2. The smallest absolute Gasteiger partial charge is 0.00341 e. The fourth-order valence-corrected chi connectivity index (χ4v) is 13.4. The topological polar surface area (TPSA) is 30.5 Å². The van der Waals surface area contributed by atoms with Crippen molar-refractivity contribution in [3.05, 3.63) is 0 Å². The third kappa shape index (κ3) is 3.11. The van der Waals surface area contributed by atoms with Crippen LogP contribution in [0.15, 0.2) is 0 Å². The van der Waals surface area contributed by atoms with Gasteiger partial charge in [0.25, 0.3) is 0 Å². The number of hydrogen-bond acceptors (Lipinski definition) is 4. The molecule has 0 aliphatic carbocycles. The summed E-state index contributed by atoms with van der Waals surface area (Å²) in [6.07, 6.45) is 9.25. The van der Waals surface area contributed by atoms with E-state index in [2.05, 4.69) is 54.8 Å². The largest absolute Gasteiger partial charge is 0.263 e. The fourth-order valence-electron chi connectivity index (χ4n) is 1.29. The van der Waals surface area contributed by atoms with Gasteiger partial charge in [-0.2, -0.15) is 3.12 Å². The van der Waals surface area contributed by atoms with Crippen LogP contribution in [0.5, 0.6) is 0 Å². The standard InChI is InChI=1S/C6H24N4S4/c1-9(2)14(6)10-12(4)7-11(3)8-13(10)5/h7-8,11-14H,1-6H3. The predicted molar refractivity (Wildman–Crippen MR) is 81.4 cm³/mol. The van der Waals surface area contributed by atoms with E-state index in [-0.39, 0.29) is 45.1 Å². The van der Waals surface area contributed by atoms with E-state index in [1.807, 2.05) is 0 Å². The van der Waals surface area contributed by atoms with Crippen molar-refractivity contribution in [1.29, 1.82) is 0 Å². The minimum Gasteiger partial charge on any atom is -0.263 e. The molecule has 92 valence electrons. The molecule has 0 aromatic rings. The molecule has 1 heterocycles. The molecule has 2 N–H and O–H groups in total. The highest BCUT2D eigenvalue weighted by Crippen LogP contribution is 2.56. The maximum Gasteiger partial charge on any atom is -0.00341 e. The van der Waals surface area contributed by atoms with E-state index in [0.717, 1.165) is 0 Å². The van der Waals surface area contributed by atoms with Crippen molar-refractivity contribution in [1.82, 2.24) is 15.7 Å². The normalized spacial score (nSPS) is 46.5. The summed E-state index contributed by atoms with van der Waals surface area (Å²) in [5.74, 6) is 0. The Kier molecular flexibility index (Phi) is 5.26. The first kappa shape index (κ1) is 13.3. The van der Waals surface area contributed by atoms with E-state index in [0.29, 0.717) is 0 Å². The van der Waals surface area contributed by atoms with Crippen molar-refractivity contribution >= 4 is 45.1 Å². The van der Waals surface area contributed by atoms with Crippen LogP contribution in [0.25, 0.3) is 0 Å². The Labute approximate surface area is 99.6 Å². The molecule has 8 heteroatoms. The van der Waals surface area contributed by atoms with E-state index in [4.69, 9.17) is 0 Å². The highest BCUT2D eigenvalue weighted by Gasteiger charge is 2.25. The molecule has 0 aromatic heterocycles. The summed E-state index contributed by atoms with van der Waals surface area (Å²) in [6, 6.07) is 0. The molecule has 1 fully saturated rings. The quantitative estimate of drug-likeness (QED) is 0.424. The van der Waals surface area contributed by atoms with E-state index in [1.54, 1.807) is 0 Å². The van der Waals surface area contributed by atoms with Gasteiger partial charge in [0.2, 0.25) is 0 Å². The van der Waals surface area contributed by atoms with Crippen molar-refractivity contribution < 1.29 is 0 Å². The van der Waals surface area contributed by atoms with Crippen LogP contribution >= 0.6 is 45.1 Å². The Morgan fingerprint density at radius 3 is 1.86 bits per heavy atom. The van der Waals surface area contributed by atoms with E-state index in [9.17, 15) is 0 Å². The maximum absolute atomic E-state index is 3.65. The average molecular weight is 281 g/mol. The van der Waals surface area contributed by atoms with Gasteiger partial charge < -0.3 is 0 Å². The fraction of sp³-hybridized carbons (Fsp3) is 1.00. The maximum atomic E-state index is 3.65. The van der Waals surface area contributed by atoms with Crippen LogP contribution in [0.2, 0.25) is 0 Å². The molecule has 3 unspecified atom stereocenters. The second-order valence-corrected chi connectivity index (χ2v) is 12.1. The van der Waals surface area contributed by atoms with Gasteiger partial charge in [0.15, 0.2) is 0 Å². The van der Waals surface area contributed by atoms with Gasteiger partial charge in [-0.1, -0.05) is 0 Å². The van der Waals surface area contributed by atoms with Crippen molar-refractivity contribution in [2.24, 2.45) is 0 Å². The Morgan fingerprint density at radius 1 is 1.07 bits per heavy atom. The van der Waals surface area contributed by atoms with Gasteiger partial charge in [0.1, 0.15) is 0 Å². The molecule has 0 aromatic carbocycles. The lowest BCUT2D eigenvalue weighted by Gasteiger charge is -2.53. The van der Waals surface area contributed by atoms with Gasteiger partial charge in [-0.25, -0.2) is 8.25 Å². The Hall–Kier alpha value is 1.24. The predicted octanol–water partition coefficient (Wildman–Crippen LogP) is 0.887. The van der Waals surface area contributed by atoms with Crippen LogP contribution in [0.3, 0.4) is 0 Å². The van der Waals surface area contributed by atoms with E-state index < -0.39 is 0 Å². The Balaban J connectivity index is 2.66. The van der Waals surface area contributed by atoms with Crippen LogP contribution in [-0.2, 0) is 0 Å². The van der Waals surface area contributed by atoms with Gasteiger partial charge >= 0.3 is 0 Å². The molecule has 0 saturated carbocycles. The summed E-state index contributed by atoms with van der Waals surface area (Å²) < 4.78 is 12.3. The molecule has 3 atom stereocenters. The lowest BCUT2D eigenvalue weighted by molar-refractivity contribution is 0.681. The van der Waals surface area contributed by atoms with Gasteiger partial charge in [-0.15, -0.1) is 45.1 Å². The van der Waals surface area contributed by atoms with Crippen molar-refractivity contribution in [3.8, 4) is 0 Å². The molecule has 0 amide bonds. The van der Waals surface area contributed by atoms with Gasteiger partial charge in [-0.05, 0) is 39.1 Å². The van der Waals surface area contributed by atoms with Crippen molar-refractivity contribution in [2.45, 2.75) is 0 Å². The van der Waals surface area contributed by atoms with Crippen LogP contribution in [0.4, 0.5) is 0 Å². The number of hydrogen-bond donors (Lipinski definition) is 6. The summed E-state index contributed by atoms with van der Waals surface area (Å²) in [4.78, 5) is 0. The van der Waals surface area contributed by atoms with Crippen LogP contribution < -0.4 is 8.25 Å². The monoisotopic (exact) mass is 280 g/mol. The first-order chi connectivity index (χ1) is 6.43. The zero-order chi connectivity index (χ0) is 10.9. The summed E-state index contributed by atoms with van der Waals surface area (Å²) in [5.41, 5.74) is 0. The van der Waals surface area contributed by atoms with Gasteiger partial charge in [0, 0.05) is 0 Å². The second kappa shape index (κ2) is 5.53. The summed E-state index contributed by atoms with van der Waals surface area (Å²) in [7, 11) is 4.34. The third-order valence-electron chi connectivity index (χ3n) is 1.96. The first-order valence-electron chi connectivity index (χ1n) is 4.38. The van der Waals surface area contributed by atoms with Gasteiger partial charge in [-0.3, -0.25) is 4.31 Å². The zero-order valence-electron chi connectivity index (χ0n) is 9.68. The Morgan fingerprint density at radius 2 is 1.50 bits per heavy atom. The zero-order valence-corrected chi connectivity index (χ0v) is 13.3. The second-order valence-electron chi connectivity index (χ2n) is 3.41. The summed E-state index contributed by atoms with van der Waals surface area (Å²) >= 11 is -0.559. The number of thiol groups is 4.